The molecule has 5 rings (SSSR count). The van der Waals surface area contributed by atoms with E-state index in [0.717, 1.165) is 28.0 Å². The van der Waals surface area contributed by atoms with Crippen molar-refractivity contribution in [2.24, 2.45) is 7.05 Å². The minimum absolute atomic E-state index is 0.303. The molecule has 0 aliphatic carbocycles. The predicted molar refractivity (Wildman–Crippen MR) is 121 cm³/mol. The lowest BCUT2D eigenvalue weighted by Crippen LogP contribution is -2.40. The van der Waals surface area contributed by atoms with Crippen LogP contribution >= 0.6 is 0 Å². The van der Waals surface area contributed by atoms with Crippen LogP contribution in [-0.2, 0) is 24.8 Å². The van der Waals surface area contributed by atoms with Gasteiger partial charge >= 0.3 is 6.09 Å². The van der Waals surface area contributed by atoms with Crippen molar-refractivity contribution in [1.82, 2.24) is 29.0 Å². The molecule has 1 aliphatic rings. The number of carbonyl (C=O) groups excluding carboxylic acids is 1. The van der Waals surface area contributed by atoms with E-state index in [9.17, 15) is 9.18 Å². The number of ether oxygens (including phenoxy) is 1. The van der Waals surface area contributed by atoms with Crippen molar-refractivity contribution in [2.45, 2.75) is 39.3 Å². The summed E-state index contributed by atoms with van der Waals surface area (Å²) in [5.74, 6) is 0.145. The number of imidazole rings is 1. The van der Waals surface area contributed by atoms with Crippen LogP contribution in [0.5, 0.6) is 0 Å². The molecule has 3 aromatic heterocycles. The van der Waals surface area contributed by atoms with Gasteiger partial charge < -0.3 is 14.2 Å². The fraction of sp³-hybridized carbons (Fsp3) is 0.333. The maximum absolute atomic E-state index is 13.5. The molecule has 0 N–H and O–H groups in total. The lowest BCUT2D eigenvalue weighted by Gasteiger charge is -2.30. The molecule has 0 saturated heterocycles. The Morgan fingerprint density at radius 3 is 2.61 bits per heavy atom. The first-order valence-corrected chi connectivity index (χ1v) is 10.8. The van der Waals surface area contributed by atoms with E-state index in [2.05, 4.69) is 4.98 Å². The van der Waals surface area contributed by atoms with Crippen LogP contribution in [0.25, 0.3) is 28.2 Å². The van der Waals surface area contributed by atoms with Gasteiger partial charge in [0.1, 0.15) is 23.4 Å². The van der Waals surface area contributed by atoms with Crippen molar-refractivity contribution in [3.05, 3.63) is 60.1 Å². The standard InChI is InChI=1S/C24H25FN6O2/c1-24(2,3)33-23(32)30-12-10-18-19(13-30)31(14-26-18)22-27-20(15-5-7-16(25)8-6-15)17-9-11-29(4)21(17)28-22/h5-9,11,14H,10,12-13H2,1-4H3. The number of hydrogen-bond acceptors (Lipinski definition) is 5. The number of amides is 1. The fourth-order valence-electron chi connectivity index (χ4n) is 4.00. The molecule has 0 bridgehead atoms. The third-order valence-electron chi connectivity index (χ3n) is 5.61. The van der Waals surface area contributed by atoms with E-state index in [1.54, 1.807) is 23.4 Å². The normalized spacial score (nSPS) is 13.9. The second-order valence-corrected chi connectivity index (χ2v) is 9.20. The summed E-state index contributed by atoms with van der Waals surface area (Å²) < 4.78 is 22.8. The molecule has 0 unspecified atom stereocenters. The Morgan fingerprint density at radius 1 is 1.12 bits per heavy atom. The number of aromatic nitrogens is 5. The highest BCUT2D eigenvalue weighted by Gasteiger charge is 2.29. The summed E-state index contributed by atoms with van der Waals surface area (Å²) in [6, 6.07) is 8.21. The monoisotopic (exact) mass is 448 g/mol. The Morgan fingerprint density at radius 2 is 1.88 bits per heavy atom. The molecule has 1 aromatic carbocycles. The molecule has 0 fully saturated rings. The lowest BCUT2D eigenvalue weighted by molar-refractivity contribution is 0.0219. The summed E-state index contributed by atoms with van der Waals surface area (Å²) in [5.41, 5.74) is 3.45. The first-order chi connectivity index (χ1) is 15.7. The van der Waals surface area contributed by atoms with Gasteiger partial charge in [0, 0.05) is 37.2 Å². The zero-order valence-corrected chi connectivity index (χ0v) is 19.0. The van der Waals surface area contributed by atoms with Crippen LogP contribution in [0.4, 0.5) is 9.18 Å². The topological polar surface area (TPSA) is 78.1 Å². The number of benzene rings is 1. The van der Waals surface area contributed by atoms with Crippen LogP contribution in [0, 0.1) is 5.82 Å². The summed E-state index contributed by atoms with van der Waals surface area (Å²) in [7, 11) is 1.92. The van der Waals surface area contributed by atoms with Gasteiger partial charge in [0.15, 0.2) is 0 Å². The van der Waals surface area contributed by atoms with Crippen molar-refractivity contribution >= 4 is 17.1 Å². The SMILES string of the molecule is Cn1ccc2c(-c3ccc(F)cc3)nc(-n3cnc4c3CN(C(=O)OC(C)(C)C)CC4)nc21. The van der Waals surface area contributed by atoms with Gasteiger partial charge in [-0.25, -0.2) is 19.2 Å². The fourth-order valence-corrected chi connectivity index (χ4v) is 4.00. The van der Waals surface area contributed by atoms with E-state index in [4.69, 9.17) is 14.7 Å². The van der Waals surface area contributed by atoms with Gasteiger partial charge in [-0.2, -0.15) is 4.98 Å². The Balaban J connectivity index is 1.58. The number of rotatable bonds is 2. The molecule has 0 saturated carbocycles. The van der Waals surface area contributed by atoms with Crippen molar-refractivity contribution in [2.75, 3.05) is 6.54 Å². The van der Waals surface area contributed by atoms with E-state index >= 15 is 0 Å². The van der Waals surface area contributed by atoms with Gasteiger partial charge in [0.05, 0.1) is 23.6 Å². The highest BCUT2D eigenvalue weighted by atomic mass is 19.1. The molecule has 1 amide bonds. The van der Waals surface area contributed by atoms with Crippen LogP contribution in [0.15, 0.2) is 42.9 Å². The van der Waals surface area contributed by atoms with E-state index < -0.39 is 5.60 Å². The second kappa shape index (κ2) is 7.68. The average Bonchev–Trinajstić information content (AvgIpc) is 3.36. The second-order valence-electron chi connectivity index (χ2n) is 9.20. The third kappa shape index (κ3) is 3.94. The maximum atomic E-state index is 13.5. The molecular formula is C24H25FN6O2. The molecule has 0 atom stereocenters. The van der Waals surface area contributed by atoms with E-state index in [-0.39, 0.29) is 11.9 Å². The number of fused-ring (bicyclic) bond motifs is 2. The molecule has 0 radical (unpaired) electrons. The number of hydrogen-bond donors (Lipinski definition) is 0. The summed E-state index contributed by atoms with van der Waals surface area (Å²) >= 11 is 0. The third-order valence-corrected chi connectivity index (χ3v) is 5.61. The zero-order valence-electron chi connectivity index (χ0n) is 19.0. The van der Waals surface area contributed by atoms with Gasteiger partial charge in [0.25, 0.3) is 0 Å². The molecule has 4 aromatic rings. The molecule has 33 heavy (non-hydrogen) atoms. The van der Waals surface area contributed by atoms with Gasteiger partial charge in [0.2, 0.25) is 5.95 Å². The van der Waals surface area contributed by atoms with Crippen LogP contribution in [0.1, 0.15) is 32.2 Å². The largest absolute Gasteiger partial charge is 0.444 e. The van der Waals surface area contributed by atoms with Crippen LogP contribution < -0.4 is 0 Å². The molecule has 8 nitrogen and oxygen atoms in total. The van der Waals surface area contributed by atoms with Crippen LogP contribution in [-0.4, -0.2) is 47.2 Å². The quantitative estimate of drug-likeness (QED) is 0.458. The Kier molecular flexibility index (Phi) is 4.92. The first kappa shape index (κ1) is 21.1. The Bertz CT molecular complexity index is 1350. The van der Waals surface area contributed by atoms with Crippen molar-refractivity contribution < 1.29 is 13.9 Å². The lowest BCUT2D eigenvalue weighted by atomic mass is 10.1. The summed E-state index contributed by atoms with van der Waals surface area (Å²) in [4.78, 5) is 28.5. The Labute approximate surface area is 190 Å². The van der Waals surface area contributed by atoms with E-state index in [1.165, 1.54) is 12.1 Å². The predicted octanol–water partition coefficient (Wildman–Crippen LogP) is 4.25. The average molecular weight is 449 g/mol. The van der Waals surface area contributed by atoms with Gasteiger partial charge in [-0.3, -0.25) is 4.57 Å². The van der Waals surface area contributed by atoms with E-state index in [0.29, 0.717) is 31.2 Å². The van der Waals surface area contributed by atoms with Crippen LogP contribution in [0.2, 0.25) is 0 Å². The van der Waals surface area contributed by atoms with Gasteiger partial charge in [-0.1, -0.05) is 0 Å². The number of nitrogens with zero attached hydrogens (tertiary/aromatic N) is 6. The summed E-state index contributed by atoms with van der Waals surface area (Å²) in [5, 5.41) is 0.872. The minimum Gasteiger partial charge on any atom is -0.444 e. The molecule has 9 heteroatoms. The smallest absolute Gasteiger partial charge is 0.410 e. The Hall–Kier alpha value is -3.75. The van der Waals surface area contributed by atoms with Gasteiger partial charge in [-0.15, -0.1) is 0 Å². The highest BCUT2D eigenvalue weighted by molar-refractivity contribution is 5.91. The van der Waals surface area contributed by atoms with Crippen molar-refractivity contribution in [3.63, 3.8) is 0 Å². The minimum atomic E-state index is -0.567. The van der Waals surface area contributed by atoms with E-state index in [1.807, 2.05) is 49.2 Å². The molecule has 0 spiro atoms. The molecule has 4 heterocycles. The maximum Gasteiger partial charge on any atom is 0.410 e. The number of carbonyl (C=O) groups is 1. The van der Waals surface area contributed by atoms with Crippen LogP contribution in [0.3, 0.4) is 0 Å². The van der Waals surface area contributed by atoms with Gasteiger partial charge in [-0.05, 0) is 51.1 Å². The number of aryl methyl sites for hydroxylation is 1. The summed E-state index contributed by atoms with van der Waals surface area (Å²) in [6.45, 7) is 6.45. The summed E-state index contributed by atoms with van der Waals surface area (Å²) in [6.07, 6.45) is 3.89. The van der Waals surface area contributed by atoms with Crippen molar-refractivity contribution in [1.29, 1.82) is 0 Å². The van der Waals surface area contributed by atoms with Crippen molar-refractivity contribution in [3.8, 4) is 17.2 Å². The molecule has 1 aliphatic heterocycles. The highest BCUT2D eigenvalue weighted by Crippen LogP contribution is 2.29. The molecular weight excluding hydrogens is 423 g/mol. The first-order valence-electron chi connectivity index (χ1n) is 10.8. The molecule has 170 valence electrons. The zero-order chi connectivity index (χ0) is 23.3. The number of halogens is 1.